The fourth-order valence-electron chi connectivity index (χ4n) is 3.02. The molecule has 11 heteroatoms. The SMILES string of the molecule is COc1cc(NS(=O)[O-])ccc1C(=O)N1CCN(C(=O)c2cncc(Cl)c2)CC1. The van der Waals surface area contributed by atoms with Crippen molar-refractivity contribution in [1.29, 1.82) is 0 Å². The minimum absolute atomic E-state index is 0.189. The molecule has 1 fully saturated rings. The molecule has 3 rings (SSSR count). The van der Waals surface area contributed by atoms with E-state index < -0.39 is 11.3 Å². The van der Waals surface area contributed by atoms with Crippen molar-refractivity contribution in [3.63, 3.8) is 0 Å². The van der Waals surface area contributed by atoms with Gasteiger partial charge in [0.1, 0.15) is 5.75 Å². The number of amides is 2. The van der Waals surface area contributed by atoms with E-state index in [1.54, 1.807) is 15.9 Å². The molecule has 154 valence electrons. The van der Waals surface area contributed by atoms with Gasteiger partial charge in [-0.15, -0.1) is 0 Å². The maximum atomic E-state index is 12.9. The van der Waals surface area contributed by atoms with Gasteiger partial charge in [-0.3, -0.25) is 18.8 Å². The Labute approximate surface area is 175 Å². The normalized spacial score (nSPS) is 15.0. The Hall–Kier alpha value is -2.69. The summed E-state index contributed by atoms with van der Waals surface area (Å²) in [5.41, 5.74) is 1.00. The molecule has 2 amide bonds. The molecule has 1 aliphatic heterocycles. The number of piperazine rings is 1. The summed E-state index contributed by atoms with van der Waals surface area (Å²) >= 11 is 3.42. The van der Waals surface area contributed by atoms with Gasteiger partial charge in [-0.05, 0) is 18.2 Å². The monoisotopic (exact) mass is 437 g/mol. The highest BCUT2D eigenvalue weighted by atomic mass is 35.5. The number of benzene rings is 1. The summed E-state index contributed by atoms with van der Waals surface area (Å²) < 4.78 is 29.0. The zero-order chi connectivity index (χ0) is 21.0. The highest BCUT2D eigenvalue weighted by Crippen LogP contribution is 2.25. The van der Waals surface area contributed by atoms with Gasteiger partial charge in [0.15, 0.2) is 0 Å². The van der Waals surface area contributed by atoms with Crippen molar-refractivity contribution in [2.75, 3.05) is 38.0 Å². The number of hydrogen-bond donors (Lipinski definition) is 1. The lowest BCUT2D eigenvalue weighted by Gasteiger charge is -2.35. The minimum Gasteiger partial charge on any atom is -0.755 e. The summed E-state index contributed by atoms with van der Waals surface area (Å²) in [6, 6.07) is 5.99. The molecule has 1 aromatic carbocycles. The Kier molecular flexibility index (Phi) is 6.68. The van der Waals surface area contributed by atoms with Crippen LogP contribution in [0.3, 0.4) is 0 Å². The number of halogens is 1. The van der Waals surface area contributed by atoms with Crippen LogP contribution in [0.15, 0.2) is 36.7 Å². The first-order chi connectivity index (χ1) is 13.9. The van der Waals surface area contributed by atoms with Crippen molar-refractivity contribution in [1.82, 2.24) is 14.8 Å². The number of carbonyl (C=O) groups excluding carboxylic acids is 2. The lowest BCUT2D eigenvalue weighted by molar-refractivity contribution is 0.0533. The number of carbonyl (C=O) groups is 2. The molecular weight excluding hydrogens is 420 g/mol. The molecule has 9 nitrogen and oxygen atoms in total. The van der Waals surface area contributed by atoms with Gasteiger partial charge in [-0.2, -0.15) is 0 Å². The van der Waals surface area contributed by atoms with E-state index in [9.17, 15) is 18.4 Å². The zero-order valence-corrected chi connectivity index (χ0v) is 17.0. The standard InChI is InChI=1S/C18H19ClN4O5S/c1-28-16-9-14(21-29(26)27)2-3-15(16)18(25)23-6-4-22(5-7-23)17(24)12-8-13(19)11-20-10-12/h2-3,8-11,21H,4-7H2,1H3,(H,26,27)/p-1. The third kappa shape index (κ3) is 5.03. The number of ether oxygens (including phenoxy) is 1. The average Bonchev–Trinajstić information content (AvgIpc) is 2.72. The highest BCUT2D eigenvalue weighted by Gasteiger charge is 2.27. The van der Waals surface area contributed by atoms with Gasteiger partial charge < -0.3 is 23.8 Å². The van der Waals surface area contributed by atoms with E-state index in [4.69, 9.17) is 16.3 Å². The largest absolute Gasteiger partial charge is 0.755 e. The van der Waals surface area contributed by atoms with E-state index in [0.717, 1.165) is 0 Å². The van der Waals surface area contributed by atoms with Crippen molar-refractivity contribution in [3.05, 3.63) is 52.8 Å². The number of anilines is 1. The van der Waals surface area contributed by atoms with Crippen molar-refractivity contribution >= 4 is 40.4 Å². The van der Waals surface area contributed by atoms with Crippen LogP contribution in [0.5, 0.6) is 5.75 Å². The fraction of sp³-hybridized carbons (Fsp3) is 0.278. The van der Waals surface area contributed by atoms with E-state index in [-0.39, 0.29) is 23.3 Å². The Bertz CT molecular complexity index is 950. The van der Waals surface area contributed by atoms with E-state index in [0.29, 0.717) is 42.3 Å². The molecule has 2 heterocycles. The first kappa shape index (κ1) is 21.0. The van der Waals surface area contributed by atoms with Crippen molar-refractivity contribution < 1.29 is 23.1 Å². The number of pyridine rings is 1. The number of methoxy groups -OCH3 is 1. The molecular formula is C18H18ClN4O5S-. The van der Waals surface area contributed by atoms with Crippen molar-refractivity contribution in [2.45, 2.75) is 0 Å². The molecule has 0 aliphatic carbocycles. The predicted molar refractivity (Wildman–Crippen MR) is 107 cm³/mol. The molecule has 0 bridgehead atoms. The molecule has 2 aromatic rings. The zero-order valence-electron chi connectivity index (χ0n) is 15.5. The number of nitrogens with one attached hydrogen (secondary N) is 1. The topological polar surface area (TPSA) is 115 Å². The van der Waals surface area contributed by atoms with Gasteiger partial charge in [0.25, 0.3) is 11.8 Å². The summed E-state index contributed by atoms with van der Waals surface area (Å²) in [5, 5.41) is 0.385. The number of aromatic nitrogens is 1. The Morgan fingerprint density at radius 1 is 1.14 bits per heavy atom. The second-order valence-electron chi connectivity index (χ2n) is 6.23. The maximum absolute atomic E-state index is 12.9. The smallest absolute Gasteiger partial charge is 0.257 e. The summed E-state index contributed by atoms with van der Waals surface area (Å²) in [6.07, 6.45) is 2.92. The highest BCUT2D eigenvalue weighted by molar-refractivity contribution is 7.80. The number of rotatable bonds is 5. The van der Waals surface area contributed by atoms with Crippen LogP contribution in [0.2, 0.25) is 5.02 Å². The summed E-state index contributed by atoms with van der Waals surface area (Å²) in [6.45, 7) is 1.45. The molecule has 1 unspecified atom stereocenters. The first-order valence-electron chi connectivity index (χ1n) is 8.62. The van der Waals surface area contributed by atoms with Gasteiger partial charge in [0, 0.05) is 61.6 Å². The van der Waals surface area contributed by atoms with Crippen LogP contribution in [0.25, 0.3) is 0 Å². The Morgan fingerprint density at radius 3 is 2.38 bits per heavy atom. The van der Waals surface area contributed by atoms with Crippen molar-refractivity contribution in [3.8, 4) is 5.75 Å². The first-order valence-corrected chi connectivity index (χ1v) is 10.1. The van der Waals surface area contributed by atoms with Crippen LogP contribution >= 0.6 is 11.6 Å². The maximum Gasteiger partial charge on any atom is 0.257 e. The lowest BCUT2D eigenvalue weighted by atomic mass is 10.1. The third-order valence-electron chi connectivity index (χ3n) is 4.44. The van der Waals surface area contributed by atoms with Crippen LogP contribution in [-0.4, -0.2) is 68.6 Å². The quantitative estimate of drug-likeness (QED) is 0.709. The Balaban J connectivity index is 1.67. The van der Waals surface area contributed by atoms with Gasteiger partial charge in [-0.1, -0.05) is 11.6 Å². The van der Waals surface area contributed by atoms with Gasteiger partial charge in [0.2, 0.25) is 0 Å². The second kappa shape index (κ2) is 9.21. The van der Waals surface area contributed by atoms with E-state index in [1.807, 2.05) is 0 Å². The average molecular weight is 438 g/mol. The third-order valence-corrected chi connectivity index (χ3v) is 5.05. The Morgan fingerprint density at radius 2 is 1.79 bits per heavy atom. The number of hydrogen-bond acceptors (Lipinski definition) is 6. The van der Waals surface area contributed by atoms with E-state index in [1.165, 1.54) is 37.7 Å². The lowest BCUT2D eigenvalue weighted by Crippen LogP contribution is -2.50. The molecule has 1 atom stereocenters. The molecule has 1 aliphatic rings. The summed E-state index contributed by atoms with van der Waals surface area (Å²) in [7, 11) is 1.40. The van der Waals surface area contributed by atoms with Crippen LogP contribution in [0.4, 0.5) is 5.69 Å². The second-order valence-corrected chi connectivity index (χ2v) is 7.34. The molecule has 1 saturated heterocycles. The molecule has 1 N–H and O–H groups in total. The molecule has 29 heavy (non-hydrogen) atoms. The van der Waals surface area contributed by atoms with Crippen LogP contribution < -0.4 is 9.46 Å². The van der Waals surface area contributed by atoms with E-state index in [2.05, 4.69) is 9.71 Å². The van der Waals surface area contributed by atoms with Gasteiger partial charge in [0.05, 0.1) is 23.3 Å². The molecule has 0 radical (unpaired) electrons. The molecule has 0 saturated carbocycles. The summed E-state index contributed by atoms with van der Waals surface area (Å²) in [5.74, 6) is -0.187. The van der Waals surface area contributed by atoms with Crippen molar-refractivity contribution in [2.24, 2.45) is 0 Å². The van der Waals surface area contributed by atoms with E-state index >= 15 is 0 Å². The van der Waals surface area contributed by atoms with Gasteiger partial charge in [-0.25, -0.2) is 0 Å². The van der Waals surface area contributed by atoms with Crippen LogP contribution in [0.1, 0.15) is 20.7 Å². The van der Waals surface area contributed by atoms with Crippen LogP contribution in [-0.2, 0) is 11.3 Å². The van der Waals surface area contributed by atoms with Crippen LogP contribution in [0, 0.1) is 0 Å². The predicted octanol–water partition coefficient (Wildman–Crippen LogP) is 1.55. The van der Waals surface area contributed by atoms with Gasteiger partial charge >= 0.3 is 0 Å². The number of nitrogens with zero attached hydrogens (tertiary/aromatic N) is 3. The fourth-order valence-corrected chi connectivity index (χ4v) is 3.52. The molecule has 0 spiro atoms. The molecule has 1 aromatic heterocycles. The summed E-state index contributed by atoms with van der Waals surface area (Å²) in [4.78, 5) is 32.6. The minimum atomic E-state index is -2.48.